The maximum absolute atomic E-state index is 13.1. The zero-order valence-electron chi connectivity index (χ0n) is 17.1. The number of carbonyl (C=O) groups excluding carboxylic acids is 2. The second-order valence-electron chi connectivity index (χ2n) is 7.50. The van der Waals surface area contributed by atoms with Crippen molar-refractivity contribution in [3.05, 3.63) is 81.6 Å². The highest BCUT2D eigenvalue weighted by molar-refractivity contribution is 7.09. The van der Waals surface area contributed by atoms with E-state index in [0.29, 0.717) is 16.5 Å². The first-order valence-corrected chi connectivity index (χ1v) is 10.6. The smallest absolute Gasteiger partial charge is 0.416 e. The van der Waals surface area contributed by atoms with Gasteiger partial charge in [-0.2, -0.15) is 13.2 Å². The number of rotatable bonds is 6. The van der Waals surface area contributed by atoms with Crippen molar-refractivity contribution in [1.29, 1.82) is 0 Å². The molecule has 11 heteroatoms. The molecule has 6 nitrogen and oxygen atoms in total. The van der Waals surface area contributed by atoms with Gasteiger partial charge in [0.2, 0.25) is 0 Å². The Labute approximate surface area is 189 Å². The molecule has 2 aromatic carbocycles. The molecular weight excluding hydrogens is 462 g/mol. The minimum absolute atomic E-state index is 0.0323. The minimum atomic E-state index is -4.58. The number of amides is 3. The Balaban J connectivity index is 1.46. The standard InChI is InChI=1S/C22H17F4N3O3S/c1-21(13-3-2-4-14(9-13)22(24,25)26)19(30)29(20(31)28-21)10-16-12-33-18(27-16)11-32-17-7-5-15(23)6-8-17/h2-9,12H,10-11H2,1H3,(H,28,31). The molecule has 2 heterocycles. The summed E-state index contributed by atoms with van der Waals surface area (Å²) in [5, 5.41) is 4.72. The van der Waals surface area contributed by atoms with Crippen LogP contribution in [0.5, 0.6) is 5.75 Å². The van der Waals surface area contributed by atoms with Gasteiger partial charge in [0.1, 0.15) is 28.7 Å². The Morgan fingerprint density at radius 1 is 1.15 bits per heavy atom. The second-order valence-corrected chi connectivity index (χ2v) is 8.44. The molecule has 0 bridgehead atoms. The topological polar surface area (TPSA) is 71.5 Å². The summed E-state index contributed by atoms with van der Waals surface area (Å²) in [5.74, 6) is -0.604. The number of hydrogen-bond acceptors (Lipinski definition) is 5. The first kappa shape index (κ1) is 22.7. The van der Waals surface area contributed by atoms with Crippen molar-refractivity contribution in [1.82, 2.24) is 15.2 Å². The summed E-state index contributed by atoms with van der Waals surface area (Å²) in [5.41, 5.74) is -2.09. The summed E-state index contributed by atoms with van der Waals surface area (Å²) >= 11 is 1.25. The van der Waals surface area contributed by atoms with Crippen molar-refractivity contribution in [3.63, 3.8) is 0 Å². The van der Waals surface area contributed by atoms with E-state index < -0.39 is 29.2 Å². The number of hydrogen-bond donors (Lipinski definition) is 1. The zero-order chi connectivity index (χ0) is 23.8. The van der Waals surface area contributed by atoms with Crippen LogP contribution in [0.1, 0.15) is 28.8 Å². The number of aromatic nitrogens is 1. The molecule has 0 saturated carbocycles. The van der Waals surface area contributed by atoms with Gasteiger partial charge in [-0.1, -0.05) is 12.1 Å². The molecular formula is C22H17F4N3O3S. The van der Waals surface area contributed by atoms with E-state index >= 15 is 0 Å². The normalized spacial score (nSPS) is 18.5. The van der Waals surface area contributed by atoms with Crippen LogP contribution in [0.15, 0.2) is 53.9 Å². The van der Waals surface area contributed by atoms with E-state index in [1.807, 2.05) is 0 Å². The second kappa shape index (κ2) is 8.47. The van der Waals surface area contributed by atoms with Gasteiger partial charge in [0.25, 0.3) is 5.91 Å². The highest BCUT2D eigenvalue weighted by Crippen LogP contribution is 2.35. The van der Waals surface area contributed by atoms with Crippen LogP contribution < -0.4 is 10.1 Å². The SMILES string of the molecule is CC1(c2cccc(C(F)(F)F)c2)NC(=O)N(Cc2csc(COc3ccc(F)cc3)n2)C1=O. The molecule has 0 spiro atoms. The van der Waals surface area contributed by atoms with Gasteiger partial charge in [-0.05, 0) is 48.9 Å². The van der Waals surface area contributed by atoms with Crippen LogP contribution in [0.25, 0.3) is 0 Å². The van der Waals surface area contributed by atoms with E-state index in [-0.39, 0.29) is 24.5 Å². The van der Waals surface area contributed by atoms with Gasteiger partial charge >= 0.3 is 12.2 Å². The molecule has 172 valence electrons. The number of alkyl halides is 3. The van der Waals surface area contributed by atoms with Crippen molar-refractivity contribution >= 4 is 23.3 Å². The number of imide groups is 1. The molecule has 1 N–H and O–H groups in total. The fourth-order valence-corrected chi connectivity index (χ4v) is 4.06. The summed E-state index contributed by atoms with van der Waals surface area (Å²) in [6.07, 6.45) is -4.58. The third kappa shape index (κ3) is 4.68. The van der Waals surface area contributed by atoms with Crippen molar-refractivity contribution in [3.8, 4) is 5.75 Å². The van der Waals surface area contributed by atoms with Gasteiger partial charge in [-0.15, -0.1) is 11.3 Å². The van der Waals surface area contributed by atoms with E-state index in [0.717, 1.165) is 17.0 Å². The molecule has 1 aliphatic rings. The highest BCUT2D eigenvalue weighted by Gasteiger charge is 2.49. The fourth-order valence-electron chi connectivity index (χ4n) is 3.37. The Morgan fingerprint density at radius 3 is 2.58 bits per heavy atom. The number of halogens is 4. The van der Waals surface area contributed by atoms with Crippen LogP contribution in [-0.4, -0.2) is 21.8 Å². The summed E-state index contributed by atoms with van der Waals surface area (Å²) in [4.78, 5) is 30.8. The molecule has 0 radical (unpaired) electrons. The Kier molecular flexibility index (Phi) is 5.83. The van der Waals surface area contributed by atoms with Crippen molar-refractivity contribution in [2.24, 2.45) is 0 Å². The first-order chi connectivity index (χ1) is 15.6. The minimum Gasteiger partial charge on any atom is -0.486 e. The van der Waals surface area contributed by atoms with Crippen molar-refractivity contribution in [2.75, 3.05) is 0 Å². The van der Waals surface area contributed by atoms with Crippen LogP contribution in [0, 0.1) is 5.82 Å². The molecule has 1 atom stereocenters. The average molecular weight is 479 g/mol. The number of nitrogens with zero attached hydrogens (tertiary/aromatic N) is 2. The Bertz CT molecular complexity index is 1200. The molecule has 3 aromatic rings. The number of carbonyl (C=O) groups is 2. The van der Waals surface area contributed by atoms with Gasteiger partial charge in [-0.3, -0.25) is 9.69 Å². The molecule has 4 rings (SSSR count). The lowest BCUT2D eigenvalue weighted by molar-refractivity contribution is -0.138. The number of benzene rings is 2. The molecule has 1 aliphatic heterocycles. The number of ether oxygens (including phenoxy) is 1. The molecule has 1 fully saturated rings. The molecule has 33 heavy (non-hydrogen) atoms. The Hall–Kier alpha value is -3.47. The van der Waals surface area contributed by atoms with Crippen LogP contribution in [-0.2, 0) is 29.7 Å². The molecule has 1 aromatic heterocycles. The maximum atomic E-state index is 13.1. The van der Waals surface area contributed by atoms with E-state index in [1.165, 1.54) is 54.7 Å². The van der Waals surface area contributed by atoms with Gasteiger partial charge in [0, 0.05) is 5.38 Å². The highest BCUT2D eigenvalue weighted by atomic mass is 32.1. The predicted octanol–water partition coefficient (Wildman–Crippen LogP) is 4.85. The number of thiazole rings is 1. The van der Waals surface area contributed by atoms with Crippen LogP contribution >= 0.6 is 11.3 Å². The molecule has 1 unspecified atom stereocenters. The van der Waals surface area contributed by atoms with Crippen LogP contribution in [0.2, 0.25) is 0 Å². The predicted molar refractivity (Wildman–Crippen MR) is 111 cm³/mol. The van der Waals surface area contributed by atoms with Gasteiger partial charge in [0.15, 0.2) is 0 Å². The van der Waals surface area contributed by atoms with E-state index in [9.17, 15) is 27.2 Å². The summed E-state index contributed by atoms with van der Waals surface area (Å²) in [6, 6.07) is 9.08. The van der Waals surface area contributed by atoms with Crippen molar-refractivity contribution < 1.29 is 31.9 Å². The lowest BCUT2D eigenvalue weighted by Crippen LogP contribution is -2.41. The van der Waals surface area contributed by atoms with E-state index in [4.69, 9.17) is 4.74 Å². The average Bonchev–Trinajstić information content (AvgIpc) is 3.31. The fraction of sp³-hybridized carbons (Fsp3) is 0.227. The lowest BCUT2D eigenvalue weighted by atomic mass is 9.90. The van der Waals surface area contributed by atoms with Crippen LogP contribution in [0.4, 0.5) is 22.4 Å². The molecule has 0 aliphatic carbocycles. The van der Waals surface area contributed by atoms with E-state index in [2.05, 4.69) is 10.3 Å². The van der Waals surface area contributed by atoms with Crippen LogP contribution in [0.3, 0.4) is 0 Å². The summed E-state index contributed by atoms with van der Waals surface area (Å²) < 4.78 is 57.8. The zero-order valence-corrected chi connectivity index (χ0v) is 18.0. The lowest BCUT2D eigenvalue weighted by Gasteiger charge is -2.23. The van der Waals surface area contributed by atoms with Gasteiger partial charge < -0.3 is 10.1 Å². The largest absolute Gasteiger partial charge is 0.486 e. The molecule has 3 amide bonds. The third-order valence-corrected chi connectivity index (χ3v) is 6.01. The third-order valence-electron chi connectivity index (χ3n) is 5.14. The van der Waals surface area contributed by atoms with Gasteiger partial charge in [0.05, 0.1) is 17.8 Å². The monoisotopic (exact) mass is 479 g/mol. The quantitative estimate of drug-likeness (QED) is 0.406. The van der Waals surface area contributed by atoms with Gasteiger partial charge in [-0.25, -0.2) is 14.2 Å². The number of urea groups is 1. The first-order valence-electron chi connectivity index (χ1n) is 9.70. The van der Waals surface area contributed by atoms with Crippen molar-refractivity contribution in [2.45, 2.75) is 31.8 Å². The maximum Gasteiger partial charge on any atom is 0.416 e. The summed E-state index contributed by atoms with van der Waals surface area (Å²) in [7, 11) is 0. The molecule has 1 saturated heterocycles. The van der Waals surface area contributed by atoms with E-state index in [1.54, 1.807) is 5.38 Å². The summed E-state index contributed by atoms with van der Waals surface area (Å²) in [6.45, 7) is 1.33. The number of nitrogens with one attached hydrogen (secondary N) is 1. The Morgan fingerprint density at radius 2 is 1.88 bits per heavy atom.